The van der Waals surface area contributed by atoms with Gasteiger partial charge in [0, 0.05) is 13.1 Å². The van der Waals surface area contributed by atoms with Crippen LogP contribution in [0.1, 0.15) is 67.5 Å². The average Bonchev–Trinajstić information content (AvgIpc) is 2.80. The zero-order valence-corrected chi connectivity index (χ0v) is 20.9. The summed E-state index contributed by atoms with van der Waals surface area (Å²) in [7, 11) is 3.47. The largest absolute Gasteiger partial charge is 0.496 e. The fraction of sp³-hybridized carbons (Fsp3) is 0.556. The second-order valence-electron chi connectivity index (χ2n) is 8.82. The second-order valence-corrected chi connectivity index (χ2v) is 8.82. The SMILES string of the molecule is CCN(CC)CCOc1cc2c(cc1OC)CCNC2c1cc(C(C)C)c(OC)cc1C. The van der Waals surface area contributed by atoms with Gasteiger partial charge in [0.25, 0.3) is 0 Å². The van der Waals surface area contributed by atoms with Crippen LogP contribution in [-0.4, -0.2) is 51.9 Å². The summed E-state index contributed by atoms with van der Waals surface area (Å²) in [5, 5.41) is 3.75. The highest BCUT2D eigenvalue weighted by Crippen LogP contribution is 2.40. The molecular formula is C27H40N2O3. The molecule has 5 nitrogen and oxygen atoms in total. The van der Waals surface area contributed by atoms with Crippen molar-refractivity contribution in [3.8, 4) is 17.2 Å². The molecule has 0 fully saturated rings. The van der Waals surface area contributed by atoms with Gasteiger partial charge in [0.1, 0.15) is 12.4 Å². The maximum absolute atomic E-state index is 6.23. The summed E-state index contributed by atoms with van der Waals surface area (Å²) in [6.07, 6.45) is 0.980. The standard InChI is InChI=1S/C27H40N2O3/c1-8-29(9-2)12-13-32-26-17-23-20(15-25(26)31-7)10-11-28-27(23)22-16-21(18(3)4)24(30-6)14-19(22)5/h14-18,27-28H,8-13H2,1-7H3. The normalized spacial score (nSPS) is 15.7. The Labute approximate surface area is 194 Å². The number of methoxy groups -OCH3 is 2. The van der Waals surface area contributed by atoms with Gasteiger partial charge in [-0.25, -0.2) is 0 Å². The summed E-state index contributed by atoms with van der Waals surface area (Å²) in [5.41, 5.74) is 6.37. The van der Waals surface area contributed by atoms with E-state index < -0.39 is 0 Å². The third-order valence-electron chi connectivity index (χ3n) is 6.59. The highest BCUT2D eigenvalue weighted by Gasteiger charge is 2.26. The van der Waals surface area contributed by atoms with Crippen molar-refractivity contribution in [1.82, 2.24) is 10.2 Å². The van der Waals surface area contributed by atoms with Gasteiger partial charge in [-0.3, -0.25) is 0 Å². The van der Waals surface area contributed by atoms with Crippen molar-refractivity contribution >= 4 is 0 Å². The number of fused-ring (bicyclic) bond motifs is 1. The van der Waals surface area contributed by atoms with E-state index in [-0.39, 0.29) is 6.04 Å². The number of nitrogens with zero attached hydrogens (tertiary/aromatic N) is 1. The van der Waals surface area contributed by atoms with E-state index in [0.717, 1.165) is 49.8 Å². The minimum absolute atomic E-state index is 0.123. The van der Waals surface area contributed by atoms with Crippen LogP contribution in [0.5, 0.6) is 17.2 Å². The van der Waals surface area contributed by atoms with Crippen LogP contribution in [0.4, 0.5) is 0 Å². The van der Waals surface area contributed by atoms with E-state index in [1.807, 2.05) is 0 Å². The molecule has 0 aliphatic carbocycles. The number of hydrogen-bond donors (Lipinski definition) is 1. The Kier molecular flexibility index (Phi) is 8.44. The van der Waals surface area contributed by atoms with Crippen molar-refractivity contribution in [2.45, 2.75) is 53.0 Å². The second kappa shape index (κ2) is 11.1. The molecule has 2 aromatic rings. The third-order valence-corrected chi connectivity index (χ3v) is 6.59. The van der Waals surface area contributed by atoms with E-state index in [4.69, 9.17) is 14.2 Å². The molecule has 0 radical (unpaired) electrons. The fourth-order valence-electron chi connectivity index (χ4n) is 4.59. The lowest BCUT2D eigenvalue weighted by molar-refractivity contribution is 0.217. The van der Waals surface area contributed by atoms with Crippen LogP contribution in [0.25, 0.3) is 0 Å². The first-order chi connectivity index (χ1) is 15.4. The van der Waals surface area contributed by atoms with Gasteiger partial charge in [-0.15, -0.1) is 0 Å². The van der Waals surface area contributed by atoms with Crippen LogP contribution in [0.2, 0.25) is 0 Å². The third kappa shape index (κ3) is 5.21. The fourth-order valence-corrected chi connectivity index (χ4v) is 4.59. The van der Waals surface area contributed by atoms with Gasteiger partial charge in [-0.1, -0.05) is 27.7 Å². The first-order valence-electron chi connectivity index (χ1n) is 11.9. The highest BCUT2D eigenvalue weighted by atomic mass is 16.5. The number of benzene rings is 2. The zero-order chi connectivity index (χ0) is 23.3. The van der Waals surface area contributed by atoms with Gasteiger partial charge in [0.15, 0.2) is 11.5 Å². The molecule has 32 heavy (non-hydrogen) atoms. The lowest BCUT2D eigenvalue weighted by atomic mass is 9.85. The molecule has 0 aromatic heterocycles. The molecule has 1 N–H and O–H groups in total. The van der Waals surface area contributed by atoms with Crippen molar-refractivity contribution in [2.75, 3.05) is 47.0 Å². The van der Waals surface area contributed by atoms with Crippen LogP contribution >= 0.6 is 0 Å². The van der Waals surface area contributed by atoms with Crippen molar-refractivity contribution in [3.05, 3.63) is 52.1 Å². The molecule has 0 amide bonds. The summed E-state index contributed by atoms with van der Waals surface area (Å²) in [4.78, 5) is 2.36. The number of aryl methyl sites for hydroxylation is 1. The molecule has 5 heteroatoms. The van der Waals surface area contributed by atoms with Crippen LogP contribution in [-0.2, 0) is 6.42 Å². The predicted molar refractivity (Wildman–Crippen MR) is 132 cm³/mol. The van der Waals surface area contributed by atoms with Gasteiger partial charge in [0.05, 0.1) is 20.3 Å². The summed E-state index contributed by atoms with van der Waals surface area (Å²) in [5.74, 6) is 3.00. The van der Waals surface area contributed by atoms with Crippen molar-refractivity contribution in [2.24, 2.45) is 0 Å². The van der Waals surface area contributed by atoms with Gasteiger partial charge >= 0.3 is 0 Å². The summed E-state index contributed by atoms with van der Waals surface area (Å²) < 4.78 is 17.6. The Hall–Kier alpha value is -2.24. The first-order valence-corrected chi connectivity index (χ1v) is 11.9. The first kappa shape index (κ1) is 24.4. The minimum Gasteiger partial charge on any atom is -0.496 e. The maximum Gasteiger partial charge on any atom is 0.161 e. The molecule has 1 atom stereocenters. The molecule has 0 spiro atoms. The van der Waals surface area contributed by atoms with E-state index in [9.17, 15) is 0 Å². The molecule has 0 bridgehead atoms. The Balaban J connectivity index is 1.97. The molecule has 176 valence electrons. The molecule has 0 saturated heterocycles. The molecule has 0 saturated carbocycles. The molecule has 2 aromatic carbocycles. The Morgan fingerprint density at radius 3 is 2.31 bits per heavy atom. The number of rotatable bonds is 10. The van der Waals surface area contributed by atoms with E-state index in [1.54, 1.807) is 14.2 Å². The van der Waals surface area contributed by atoms with E-state index >= 15 is 0 Å². The topological polar surface area (TPSA) is 43.0 Å². The molecule has 1 aliphatic rings. The smallest absolute Gasteiger partial charge is 0.161 e. The number of likely N-dealkylation sites (N-methyl/N-ethyl adjacent to an activating group) is 1. The van der Waals surface area contributed by atoms with Gasteiger partial charge in [-0.05, 0) is 84.4 Å². The lowest BCUT2D eigenvalue weighted by Crippen LogP contribution is -2.31. The predicted octanol–water partition coefficient (Wildman–Crippen LogP) is 5.09. The van der Waals surface area contributed by atoms with Crippen LogP contribution < -0.4 is 19.5 Å². The molecule has 1 aliphatic heterocycles. The quantitative estimate of drug-likeness (QED) is 0.557. The number of nitrogens with one attached hydrogen (secondary N) is 1. The van der Waals surface area contributed by atoms with Gasteiger partial charge < -0.3 is 24.4 Å². The number of ether oxygens (including phenoxy) is 3. The Morgan fingerprint density at radius 1 is 0.969 bits per heavy atom. The molecule has 1 unspecified atom stereocenters. The van der Waals surface area contributed by atoms with Crippen molar-refractivity contribution in [1.29, 1.82) is 0 Å². The Morgan fingerprint density at radius 2 is 1.69 bits per heavy atom. The summed E-state index contributed by atoms with van der Waals surface area (Å²) in [6.45, 7) is 15.5. The van der Waals surface area contributed by atoms with Crippen LogP contribution in [0.15, 0.2) is 24.3 Å². The van der Waals surface area contributed by atoms with E-state index in [1.165, 1.54) is 27.8 Å². The van der Waals surface area contributed by atoms with Gasteiger partial charge in [-0.2, -0.15) is 0 Å². The van der Waals surface area contributed by atoms with E-state index in [0.29, 0.717) is 12.5 Å². The molecule has 3 rings (SSSR count). The maximum atomic E-state index is 6.23. The average molecular weight is 441 g/mol. The zero-order valence-electron chi connectivity index (χ0n) is 20.9. The van der Waals surface area contributed by atoms with Crippen LogP contribution in [0.3, 0.4) is 0 Å². The minimum atomic E-state index is 0.123. The number of hydrogen-bond acceptors (Lipinski definition) is 5. The monoisotopic (exact) mass is 440 g/mol. The molecule has 1 heterocycles. The van der Waals surface area contributed by atoms with Crippen LogP contribution in [0, 0.1) is 6.92 Å². The summed E-state index contributed by atoms with van der Waals surface area (Å²) in [6, 6.07) is 8.96. The molecular weight excluding hydrogens is 400 g/mol. The summed E-state index contributed by atoms with van der Waals surface area (Å²) >= 11 is 0. The Bertz CT molecular complexity index is 906. The lowest BCUT2D eigenvalue weighted by Gasteiger charge is -2.30. The van der Waals surface area contributed by atoms with Crippen molar-refractivity contribution in [3.63, 3.8) is 0 Å². The van der Waals surface area contributed by atoms with E-state index in [2.05, 4.69) is 69.1 Å². The van der Waals surface area contributed by atoms with Crippen molar-refractivity contribution < 1.29 is 14.2 Å². The van der Waals surface area contributed by atoms with Gasteiger partial charge in [0.2, 0.25) is 0 Å². The highest BCUT2D eigenvalue weighted by molar-refractivity contribution is 5.54.